The van der Waals surface area contributed by atoms with Crippen LogP contribution in [0.4, 0.5) is 5.00 Å². The van der Waals surface area contributed by atoms with E-state index in [0.29, 0.717) is 5.56 Å². The number of anilines is 1. The van der Waals surface area contributed by atoms with Crippen molar-refractivity contribution in [3.63, 3.8) is 0 Å². The number of halogens is 1. The first kappa shape index (κ1) is 17.9. The van der Waals surface area contributed by atoms with Crippen LogP contribution in [0.2, 0.25) is 5.15 Å². The molecule has 0 saturated heterocycles. The van der Waals surface area contributed by atoms with Crippen LogP contribution in [-0.2, 0) is 4.74 Å². The number of carbonyl (C=O) groups is 2. The van der Waals surface area contributed by atoms with Crippen molar-refractivity contribution >= 4 is 39.8 Å². The van der Waals surface area contributed by atoms with Gasteiger partial charge in [0.05, 0.1) is 17.2 Å². The molecule has 0 aromatic carbocycles. The van der Waals surface area contributed by atoms with E-state index in [0.717, 1.165) is 11.3 Å². The van der Waals surface area contributed by atoms with Crippen LogP contribution >= 0.6 is 22.9 Å². The van der Waals surface area contributed by atoms with Gasteiger partial charge < -0.3 is 10.1 Å². The molecule has 0 aliphatic heterocycles. The number of hydrogen-bond donors (Lipinski definition) is 1. The Morgan fingerprint density at radius 2 is 2.17 bits per heavy atom. The van der Waals surface area contributed by atoms with E-state index < -0.39 is 11.9 Å². The van der Waals surface area contributed by atoms with E-state index in [1.807, 2.05) is 6.07 Å². The maximum Gasteiger partial charge on any atom is 0.348 e. The lowest BCUT2D eigenvalue weighted by atomic mass is 10.1. The Bertz CT molecular complexity index is 840. The summed E-state index contributed by atoms with van der Waals surface area (Å²) in [5.41, 5.74) is 0.880. The molecule has 0 aliphatic rings. The fourth-order valence-corrected chi connectivity index (χ4v) is 3.16. The largest absolute Gasteiger partial charge is 0.459 e. The van der Waals surface area contributed by atoms with E-state index in [4.69, 9.17) is 16.3 Å². The summed E-state index contributed by atoms with van der Waals surface area (Å²) in [5.74, 6) is -1.03. The molecular weight excluding hydrogens is 350 g/mol. The van der Waals surface area contributed by atoms with Crippen molar-refractivity contribution in [3.05, 3.63) is 45.1 Å². The average Bonchev–Trinajstić information content (AvgIpc) is 2.82. The molecule has 2 aromatic heterocycles. The Morgan fingerprint density at radius 3 is 2.75 bits per heavy atom. The maximum atomic E-state index is 12.3. The number of rotatable bonds is 4. The molecule has 0 atom stereocenters. The van der Waals surface area contributed by atoms with E-state index in [2.05, 4.69) is 10.3 Å². The zero-order valence-electron chi connectivity index (χ0n) is 13.2. The van der Waals surface area contributed by atoms with Crippen molar-refractivity contribution in [2.45, 2.75) is 26.9 Å². The van der Waals surface area contributed by atoms with Crippen molar-refractivity contribution in [3.8, 4) is 6.07 Å². The Kier molecular flexibility index (Phi) is 5.54. The molecule has 0 bridgehead atoms. The van der Waals surface area contributed by atoms with Crippen LogP contribution in [0.25, 0.3) is 0 Å². The number of nitriles is 1. The maximum absolute atomic E-state index is 12.3. The second-order valence-electron chi connectivity index (χ2n) is 5.12. The Balaban J connectivity index is 2.34. The molecule has 1 amide bonds. The number of ether oxygens (including phenoxy) is 1. The minimum atomic E-state index is -0.524. The van der Waals surface area contributed by atoms with Gasteiger partial charge in [-0.3, -0.25) is 4.79 Å². The van der Waals surface area contributed by atoms with Gasteiger partial charge in [-0.25, -0.2) is 9.78 Å². The third kappa shape index (κ3) is 3.72. The third-order valence-corrected chi connectivity index (χ3v) is 4.51. The van der Waals surface area contributed by atoms with Gasteiger partial charge in [-0.1, -0.05) is 11.6 Å². The SMILES string of the molecule is Cc1c(C(=O)OC(C)C)sc(NC(=O)c2cccnc2Cl)c1C#N. The number of nitrogens with zero attached hydrogens (tertiary/aromatic N) is 2. The van der Waals surface area contributed by atoms with Crippen LogP contribution < -0.4 is 5.32 Å². The molecule has 1 N–H and O–H groups in total. The Morgan fingerprint density at radius 1 is 1.46 bits per heavy atom. The molecule has 0 radical (unpaired) electrons. The lowest BCUT2D eigenvalue weighted by Crippen LogP contribution is -2.12. The smallest absolute Gasteiger partial charge is 0.348 e. The molecule has 124 valence electrons. The third-order valence-electron chi connectivity index (χ3n) is 3.02. The van der Waals surface area contributed by atoms with Crippen molar-refractivity contribution < 1.29 is 14.3 Å². The molecule has 2 aromatic rings. The zero-order valence-corrected chi connectivity index (χ0v) is 14.8. The number of aromatic nitrogens is 1. The summed E-state index contributed by atoms with van der Waals surface area (Å²) in [7, 11) is 0. The number of pyridine rings is 1. The van der Waals surface area contributed by atoms with Crippen LogP contribution in [0.5, 0.6) is 0 Å². The predicted octanol–water partition coefficient (Wildman–Crippen LogP) is 3.79. The highest BCUT2D eigenvalue weighted by molar-refractivity contribution is 7.18. The van der Waals surface area contributed by atoms with E-state index in [9.17, 15) is 14.9 Å². The van der Waals surface area contributed by atoms with E-state index in [1.165, 1.54) is 12.3 Å². The number of amides is 1. The minimum absolute atomic E-state index is 0.0567. The number of carbonyl (C=O) groups excluding carboxylic acids is 2. The lowest BCUT2D eigenvalue weighted by Gasteiger charge is -2.06. The molecule has 2 heterocycles. The number of thiophene rings is 1. The second kappa shape index (κ2) is 7.43. The molecule has 0 fully saturated rings. The van der Waals surface area contributed by atoms with Crippen LogP contribution in [-0.4, -0.2) is 23.0 Å². The van der Waals surface area contributed by atoms with E-state index >= 15 is 0 Å². The minimum Gasteiger partial charge on any atom is -0.459 e. The van der Waals surface area contributed by atoms with Crippen LogP contribution in [0.1, 0.15) is 45.0 Å². The van der Waals surface area contributed by atoms with Crippen molar-refractivity contribution in [2.75, 3.05) is 5.32 Å². The molecule has 24 heavy (non-hydrogen) atoms. The Labute approximate surface area is 148 Å². The van der Waals surface area contributed by atoms with E-state index in [1.54, 1.807) is 26.8 Å². The highest BCUT2D eigenvalue weighted by Crippen LogP contribution is 2.33. The van der Waals surface area contributed by atoms with Crippen molar-refractivity contribution in [1.82, 2.24) is 4.98 Å². The van der Waals surface area contributed by atoms with Gasteiger partial charge in [0.15, 0.2) is 0 Å². The van der Waals surface area contributed by atoms with Crippen molar-refractivity contribution in [2.24, 2.45) is 0 Å². The van der Waals surface area contributed by atoms with Gasteiger partial charge in [0.2, 0.25) is 0 Å². The van der Waals surface area contributed by atoms with Gasteiger partial charge in [0.1, 0.15) is 21.1 Å². The summed E-state index contributed by atoms with van der Waals surface area (Å²) in [6, 6.07) is 5.10. The molecule has 0 unspecified atom stereocenters. The number of nitrogens with one attached hydrogen (secondary N) is 1. The Hall–Kier alpha value is -2.43. The zero-order chi connectivity index (χ0) is 17.9. The predicted molar refractivity (Wildman–Crippen MR) is 91.5 cm³/mol. The van der Waals surface area contributed by atoms with Gasteiger partial charge in [0, 0.05) is 6.20 Å². The first-order valence-corrected chi connectivity index (χ1v) is 8.21. The topological polar surface area (TPSA) is 92.1 Å². The molecule has 6 nitrogen and oxygen atoms in total. The summed E-state index contributed by atoms with van der Waals surface area (Å²) < 4.78 is 5.16. The quantitative estimate of drug-likeness (QED) is 0.659. The van der Waals surface area contributed by atoms with E-state index in [-0.39, 0.29) is 32.3 Å². The summed E-state index contributed by atoms with van der Waals surface area (Å²) in [4.78, 5) is 28.5. The highest BCUT2D eigenvalue weighted by Gasteiger charge is 2.23. The number of hydrogen-bond acceptors (Lipinski definition) is 6. The fourth-order valence-electron chi connectivity index (χ4n) is 1.92. The fraction of sp³-hybridized carbons (Fsp3) is 0.250. The van der Waals surface area contributed by atoms with Gasteiger partial charge in [-0.05, 0) is 38.5 Å². The normalized spacial score (nSPS) is 10.3. The average molecular weight is 364 g/mol. The van der Waals surface area contributed by atoms with Gasteiger partial charge >= 0.3 is 5.97 Å². The summed E-state index contributed by atoms with van der Waals surface area (Å²) in [5, 5.41) is 12.3. The monoisotopic (exact) mass is 363 g/mol. The summed E-state index contributed by atoms with van der Waals surface area (Å²) in [6.45, 7) is 5.11. The molecular formula is C16H14ClN3O3S. The number of esters is 1. The van der Waals surface area contributed by atoms with Gasteiger partial charge in [0.25, 0.3) is 5.91 Å². The first-order valence-electron chi connectivity index (χ1n) is 7.01. The molecule has 0 saturated carbocycles. The molecule has 2 rings (SSSR count). The summed E-state index contributed by atoms with van der Waals surface area (Å²) in [6.07, 6.45) is 1.19. The van der Waals surface area contributed by atoms with Crippen LogP contribution in [0, 0.1) is 18.3 Å². The van der Waals surface area contributed by atoms with Crippen molar-refractivity contribution in [1.29, 1.82) is 5.26 Å². The lowest BCUT2D eigenvalue weighted by molar-refractivity contribution is 0.0383. The van der Waals surface area contributed by atoms with Gasteiger partial charge in [-0.15, -0.1) is 11.3 Å². The standard InChI is InChI=1S/C16H14ClN3O3S/c1-8(2)23-16(22)12-9(3)11(7-18)15(24-12)20-14(21)10-5-4-6-19-13(10)17/h4-6,8H,1-3H3,(H,20,21). The molecule has 0 aliphatic carbocycles. The van der Waals surface area contributed by atoms with Gasteiger partial charge in [-0.2, -0.15) is 5.26 Å². The highest BCUT2D eigenvalue weighted by atomic mass is 35.5. The summed E-state index contributed by atoms with van der Waals surface area (Å²) >= 11 is 6.89. The van der Waals surface area contributed by atoms with Crippen LogP contribution in [0.15, 0.2) is 18.3 Å². The van der Waals surface area contributed by atoms with Crippen LogP contribution in [0.3, 0.4) is 0 Å². The first-order chi connectivity index (χ1) is 11.3. The second-order valence-corrected chi connectivity index (χ2v) is 6.50. The molecule has 0 spiro atoms. The molecule has 8 heteroatoms.